The van der Waals surface area contributed by atoms with E-state index in [0.717, 1.165) is 31.1 Å². The number of hydrogen-bond acceptors (Lipinski definition) is 2. The lowest BCUT2D eigenvalue weighted by Crippen LogP contribution is -2.46. The molecule has 1 fully saturated rings. The molecule has 2 nitrogen and oxygen atoms in total. The molecule has 0 spiro atoms. The minimum atomic E-state index is -0.200. The van der Waals surface area contributed by atoms with Gasteiger partial charge in [0.25, 0.3) is 0 Å². The fraction of sp³-hybridized carbons (Fsp3) is 0.429. The van der Waals surface area contributed by atoms with Gasteiger partial charge in [-0.1, -0.05) is 29.8 Å². The third-order valence-electron chi connectivity index (χ3n) is 3.81. The monoisotopic (exact) mass is 249 g/mol. The van der Waals surface area contributed by atoms with Crippen LogP contribution < -0.4 is 0 Å². The average Bonchev–Trinajstić information content (AvgIpc) is 2.36. The largest absolute Gasteiger partial charge is 0.392 e. The number of benzene rings is 1. The minimum Gasteiger partial charge on any atom is -0.392 e. The minimum absolute atomic E-state index is 0.200. The van der Waals surface area contributed by atoms with Gasteiger partial charge in [0, 0.05) is 30.6 Å². The quantitative estimate of drug-likeness (QED) is 0.826. The summed E-state index contributed by atoms with van der Waals surface area (Å²) in [5.41, 5.74) is 2.48. The average molecular weight is 250 g/mol. The van der Waals surface area contributed by atoms with Gasteiger partial charge in [-0.05, 0) is 29.7 Å². The van der Waals surface area contributed by atoms with E-state index >= 15 is 0 Å². The molecule has 2 bridgehead atoms. The standard InChI is InChI=1S/C14H16ClNO/c15-11-3-1-10(2-4-11)12-5-7-16-8-6-14(17)13(12)9-16/h1-5,13-14,17H,6-9H2/t13-,14+/m1/s1. The zero-order valence-corrected chi connectivity index (χ0v) is 10.4. The number of aliphatic hydroxyl groups is 1. The van der Waals surface area contributed by atoms with E-state index in [4.69, 9.17) is 11.6 Å². The van der Waals surface area contributed by atoms with Crippen molar-refractivity contribution in [1.82, 2.24) is 4.90 Å². The molecule has 0 aliphatic carbocycles. The third-order valence-corrected chi connectivity index (χ3v) is 4.06. The van der Waals surface area contributed by atoms with Gasteiger partial charge < -0.3 is 5.11 Å². The van der Waals surface area contributed by atoms with Crippen LogP contribution in [0.15, 0.2) is 30.3 Å². The lowest BCUT2D eigenvalue weighted by molar-refractivity contribution is 0.0509. The topological polar surface area (TPSA) is 23.5 Å². The normalized spacial score (nSPS) is 32.1. The van der Waals surface area contributed by atoms with Crippen molar-refractivity contribution in [3.63, 3.8) is 0 Å². The molecule has 0 amide bonds. The number of nitrogens with zero attached hydrogens (tertiary/aromatic N) is 1. The van der Waals surface area contributed by atoms with Crippen LogP contribution in [0.4, 0.5) is 0 Å². The SMILES string of the molecule is O[C@H]1CCN2CC=C(c3ccc(Cl)cc3)[C@H]1C2. The summed E-state index contributed by atoms with van der Waals surface area (Å²) in [7, 11) is 0. The number of piperidine rings is 1. The van der Waals surface area contributed by atoms with Crippen molar-refractivity contribution >= 4 is 17.2 Å². The summed E-state index contributed by atoms with van der Waals surface area (Å²) in [5.74, 6) is 0.263. The van der Waals surface area contributed by atoms with E-state index in [0.29, 0.717) is 0 Å². The first-order valence-electron chi connectivity index (χ1n) is 6.10. The maximum Gasteiger partial charge on any atom is 0.0633 e. The van der Waals surface area contributed by atoms with Gasteiger partial charge in [0.05, 0.1) is 6.10 Å². The Hall–Kier alpha value is -0.830. The first kappa shape index (κ1) is 11.3. The van der Waals surface area contributed by atoms with Gasteiger partial charge in [-0.15, -0.1) is 0 Å². The molecule has 1 saturated heterocycles. The fourth-order valence-corrected chi connectivity index (χ4v) is 2.96. The van der Waals surface area contributed by atoms with Crippen LogP contribution >= 0.6 is 11.6 Å². The van der Waals surface area contributed by atoms with Gasteiger partial charge in [0.2, 0.25) is 0 Å². The summed E-state index contributed by atoms with van der Waals surface area (Å²) in [5, 5.41) is 10.9. The second-order valence-corrected chi connectivity index (χ2v) is 5.32. The van der Waals surface area contributed by atoms with E-state index < -0.39 is 0 Å². The van der Waals surface area contributed by atoms with Crippen molar-refractivity contribution in [2.75, 3.05) is 19.6 Å². The Bertz CT molecular complexity index is 440. The highest BCUT2D eigenvalue weighted by Crippen LogP contribution is 2.34. The Balaban J connectivity index is 1.94. The number of fused-ring (bicyclic) bond motifs is 2. The fourth-order valence-electron chi connectivity index (χ4n) is 2.83. The van der Waals surface area contributed by atoms with Gasteiger partial charge >= 0.3 is 0 Å². The second kappa shape index (κ2) is 4.45. The molecule has 3 rings (SSSR count). The Labute approximate surface area is 107 Å². The molecule has 17 heavy (non-hydrogen) atoms. The first-order valence-corrected chi connectivity index (χ1v) is 6.48. The Morgan fingerprint density at radius 2 is 2.00 bits per heavy atom. The summed E-state index contributed by atoms with van der Waals surface area (Å²) in [6, 6.07) is 7.93. The van der Waals surface area contributed by atoms with E-state index in [-0.39, 0.29) is 12.0 Å². The van der Waals surface area contributed by atoms with Crippen molar-refractivity contribution in [3.8, 4) is 0 Å². The van der Waals surface area contributed by atoms with Crippen LogP contribution in [-0.2, 0) is 0 Å². The maximum absolute atomic E-state index is 10.1. The van der Waals surface area contributed by atoms with Crippen molar-refractivity contribution in [2.45, 2.75) is 12.5 Å². The maximum atomic E-state index is 10.1. The third kappa shape index (κ3) is 2.13. The summed E-state index contributed by atoms with van der Waals surface area (Å²) in [4.78, 5) is 2.40. The smallest absolute Gasteiger partial charge is 0.0633 e. The lowest BCUT2D eigenvalue weighted by atomic mass is 9.81. The van der Waals surface area contributed by atoms with E-state index in [1.54, 1.807) is 0 Å². The zero-order valence-electron chi connectivity index (χ0n) is 9.64. The summed E-state index contributed by atoms with van der Waals surface area (Å²) in [6.45, 7) is 3.00. The number of rotatable bonds is 1. The summed E-state index contributed by atoms with van der Waals surface area (Å²) in [6.07, 6.45) is 2.93. The van der Waals surface area contributed by atoms with Gasteiger partial charge in [-0.25, -0.2) is 0 Å². The van der Waals surface area contributed by atoms with Crippen molar-refractivity contribution < 1.29 is 5.11 Å². The highest BCUT2D eigenvalue weighted by molar-refractivity contribution is 6.30. The molecular formula is C14H16ClNO. The van der Waals surface area contributed by atoms with Crippen LogP contribution in [0.3, 0.4) is 0 Å². The van der Waals surface area contributed by atoms with Crippen LogP contribution in [0.5, 0.6) is 0 Å². The molecule has 1 unspecified atom stereocenters. The zero-order chi connectivity index (χ0) is 11.8. The molecule has 0 radical (unpaired) electrons. The highest BCUT2D eigenvalue weighted by atomic mass is 35.5. The van der Waals surface area contributed by atoms with E-state index in [2.05, 4.69) is 11.0 Å². The second-order valence-electron chi connectivity index (χ2n) is 4.89. The molecule has 2 aliphatic rings. The molecule has 1 aromatic carbocycles. The summed E-state index contributed by atoms with van der Waals surface area (Å²) >= 11 is 5.91. The molecule has 0 saturated carbocycles. The van der Waals surface area contributed by atoms with Crippen molar-refractivity contribution in [3.05, 3.63) is 40.9 Å². The molecule has 1 aromatic rings. The van der Waals surface area contributed by atoms with Crippen molar-refractivity contribution in [2.24, 2.45) is 5.92 Å². The lowest BCUT2D eigenvalue weighted by Gasteiger charge is -2.40. The molecule has 1 N–H and O–H groups in total. The van der Waals surface area contributed by atoms with E-state index in [1.807, 2.05) is 24.3 Å². The summed E-state index contributed by atoms with van der Waals surface area (Å²) < 4.78 is 0. The predicted molar refractivity (Wildman–Crippen MR) is 70.0 cm³/mol. The molecule has 0 aromatic heterocycles. The number of aliphatic hydroxyl groups excluding tert-OH is 1. The predicted octanol–water partition coefficient (Wildman–Crippen LogP) is 2.42. The highest BCUT2D eigenvalue weighted by Gasteiger charge is 2.33. The molecule has 90 valence electrons. The number of halogens is 1. The van der Waals surface area contributed by atoms with Crippen molar-refractivity contribution in [1.29, 1.82) is 0 Å². The van der Waals surface area contributed by atoms with Crippen LogP contribution in [0.1, 0.15) is 12.0 Å². The van der Waals surface area contributed by atoms with Gasteiger partial charge in [0.1, 0.15) is 0 Å². The van der Waals surface area contributed by atoms with E-state index in [9.17, 15) is 5.11 Å². The van der Waals surface area contributed by atoms with Crippen LogP contribution in [0.25, 0.3) is 5.57 Å². The van der Waals surface area contributed by atoms with Gasteiger partial charge in [-0.3, -0.25) is 4.90 Å². The molecular weight excluding hydrogens is 234 g/mol. The van der Waals surface area contributed by atoms with Crippen LogP contribution in [-0.4, -0.2) is 35.7 Å². The molecule has 3 heteroatoms. The number of hydrogen-bond donors (Lipinski definition) is 1. The van der Waals surface area contributed by atoms with Gasteiger partial charge in [-0.2, -0.15) is 0 Å². The first-order chi connectivity index (χ1) is 8.24. The van der Waals surface area contributed by atoms with Crippen LogP contribution in [0, 0.1) is 5.92 Å². The van der Waals surface area contributed by atoms with E-state index in [1.165, 1.54) is 11.1 Å². The Morgan fingerprint density at radius 1 is 1.24 bits per heavy atom. The van der Waals surface area contributed by atoms with Crippen LogP contribution in [0.2, 0.25) is 5.02 Å². The van der Waals surface area contributed by atoms with Gasteiger partial charge in [0.15, 0.2) is 0 Å². The Kier molecular flexibility index (Phi) is 2.95. The Morgan fingerprint density at radius 3 is 2.76 bits per heavy atom. The molecule has 2 heterocycles. The molecule has 3 atom stereocenters. The molecule has 2 aliphatic heterocycles.